The molecule has 144 valence electrons. The SMILES string of the molecule is CCOC(=O)CCN(CCCN(C)C)C(=O)CCC(=O)c1ccccc1. The molecule has 0 saturated carbocycles. The lowest BCUT2D eigenvalue weighted by atomic mass is 10.1. The minimum Gasteiger partial charge on any atom is -0.466 e. The van der Waals surface area contributed by atoms with Crippen LogP contribution in [0.5, 0.6) is 0 Å². The van der Waals surface area contributed by atoms with Crippen molar-refractivity contribution >= 4 is 17.7 Å². The van der Waals surface area contributed by atoms with Crippen LogP contribution in [0.15, 0.2) is 30.3 Å². The van der Waals surface area contributed by atoms with Gasteiger partial charge in [-0.05, 0) is 34.0 Å². The van der Waals surface area contributed by atoms with E-state index in [9.17, 15) is 14.4 Å². The third-order valence-electron chi connectivity index (χ3n) is 3.94. The molecule has 0 unspecified atom stereocenters. The Morgan fingerprint density at radius 3 is 2.23 bits per heavy atom. The van der Waals surface area contributed by atoms with Gasteiger partial charge in [0, 0.05) is 31.5 Å². The predicted molar refractivity (Wildman–Crippen MR) is 101 cm³/mol. The zero-order valence-electron chi connectivity index (χ0n) is 16.1. The van der Waals surface area contributed by atoms with Crippen molar-refractivity contribution in [1.82, 2.24) is 9.80 Å². The summed E-state index contributed by atoms with van der Waals surface area (Å²) in [6.07, 6.45) is 1.31. The van der Waals surface area contributed by atoms with Crippen LogP contribution in [0.2, 0.25) is 0 Å². The van der Waals surface area contributed by atoms with Crippen LogP contribution in [0.25, 0.3) is 0 Å². The van der Waals surface area contributed by atoms with Crippen LogP contribution in [-0.2, 0) is 14.3 Å². The molecule has 0 radical (unpaired) electrons. The zero-order valence-corrected chi connectivity index (χ0v) is 16.1. The van der Waals surface area contributed by atoms with Gasteiger partial charge in [-0.25, -0.2) is 0 Å². The second-order valence-electron chi connectivity index (χ2n) is 6.38. The number of carbonyl (C=O) groups is 3. The maximum atomic E-state index is 12.5. The Labute approximate surface area is 156 Å². The van der Waals surface area contributed by atoms with Gasteiger partial charge in [-0.2, -0.15) is 0 Å². The summed E-state index contributed by atoms with van der Waals surface area (Å²) < 4.78 is 4.93. The van der Waals surface area contributed by atoms with E-state index in [1.54, 1.807) is 24.0 Å². The number of ether oxygens (including phenoxy) is 1. The molecule has 0 aromatic heterocycles. The Morgan fingerprint density at radius 1 is 0.923 bits per heavy atom. The molecule has 1 amide bonds. The van der Waals surface area contributed by atoms with Gasteiger partial charge in [-0.1, -0.05) is 30.3 Å². The predicted octanol–water partition coefficient (Wildman–Crippen LogP) is 2.38. The third kappa shape index (κ3) is 8.76. The molecular weight excluding hydrogens is 332 g/mol. The molecule has 0 fully saturated rings. The molecule has 0 aliphatic carbocycles. The average molecular weight is 362 g/mol. The van der Waals surface area contributed by atoms with E-state index >= 15 is 0 Å². The second kappa shape index (κ2) is 12.2. The number of carbonyl (C=O) groups excluding carboxylic acids is 3. The summed E-state index contributed by atoms with van der Waals surface area (Å²) in [6.45, 7) is 3.83. The lowest BCUT2D eigenvalue weighted by molar-refractivity contribution is -0.144. The maximum Gasteiger partial charge on any atom is 0.307 e. The zero-order chi connectivity index (χ0) is 19.4. The number of benzene rings is 1. The largest absolute Gasteiger partial charge is 0.466 e. The molecule has 0 spiro atoms. The van der Waals surface area contributed by atoms with Crippen LogP contribution >= 0.6 is 0 Å². The number of hydrogen-bond acceptors (Lipinski definition) is 5. The van der Waals surface area contributed by atoms with Crippen molar-refractivity contribution in [2.24, 2.45) is 0 Å². The van der Waals surface area contributed by atoms with Crippen LogP contribution in [0, 0.1) is 0 Å². The molecule has 0 bridgehead atoms. The van der Waals surface area contributed by atoms with Crippen molar-refractivity contribution in [3.05, 3.63) is 35.9 Å². The van der Waals surface area contributed by atoms with E-state index in [0.29, 0.717) is 25.3 Å². The lowest BCUT2D eigenvalue weighted by Crippen LogP contribution is -2.35. The first-order valence-corrected chi connectivity index (χ1v) is 9.10. The molecule has 0 saturated heterocycles. The van der Waals surface area contributed by atoms with Crippen LogP contribution < -0.4 is 0 Å². The van der Waals surface area contributed by atoms with E-state index in [2.05, 4.69) is 0 Å². The van der Waals surface area contributed by atoms with Crippen LogP contribution in [0.3, 0.4) is 0 Å². The molecule has 26 heavy (non-hydrogen) atoms. The Kier molecular flexibility index (Phi) is 10.2. The highest BCUT2D eigenvalue weighted by Crippen LogP contribution is 2.08. The Bertz CT molecular complexity index is 572. The van der Waals surface area contributed by atoms with Crippen LogP contribution in [0.1, 0.15) is 43.0 Å². The molecule has 0 heterocycles. The second-order valence-corrected chi connectivity index (χ2v) is 6.38. The van der Waals surface area contributed by atoms with Gasteiger partial charge in [0.15, 0.2) is 5.78 Å². The summed E-state index contributed by atoms with van der Waals surface area (Å²) in [5.74, 6) is -0.451. The molecule has 1 aromatic carbocycles. The summed E-state index contributed by atoms with van der Waals surface area (Å²) in [5, 5.41) is 0. The molecule has 6 nitrogen and oxygen atoms in total. The van der Waals surface area contributed by atoms with E-state index in [1.165, 1.54) is 0 Å². The van der Waals surface area contributed by atoms with Gasteiger partial charge in [0.05, 0.1) is 13.0 Å². The first-order chi connectivity index (χ1) is 12.4. The molecule has 0 atom stereocenters. The minimum absolute atomic E-state index is 0.0439. The molecule has 0 N–H and O–H groups in total. The summed E-state index contributed by atoms with van der Waals surface area (Å²) in [6, 6.07) is 8.97. The number of ketones is 1. The molecule has 0 aliphatic rings. The van der Waals surface area contributed by atoms with Gasteiger partial charge in [-0.3, -0.25) is 14.4 Å². The number of rotatable bonds is 12. The van der Waals surface area contributed by atoms with Crippen LogP contribution in [0.4, 0.5) is 0 Å². The third-order valence-corrected chi connectivity index (χ3v) is 3.94. The number of esters is 1. The fourth-order valence-corrected chi connectivity index (χ4v) is 2.55. The van der Waals surface area contributed by atoms with Gasteiger partial charge in [0.2, 0.25) is 5.91 Å². The molecule has 1 rings (SSSR count). The van der Waals surface area contributed by atoms with Gasteiger partial charge in [0.25, 0.3) is 0 Å². The van der Waals surface area contributed by atoms with E-state index < -0.39 is 0 Å². The topological polar surface area (TPSA) is 66.9 Å². The van der Waals surface area contributed by atoms with Crippen LogP contribution in [-0.4, -0.2) is 67.8 Å². The van der Waals surface area contributed by atoms with Gasteiger partial charge >= 0.3 is 5.97 Å². The fraction of sp³-hybridized carbons (Fsp3) is 0.550. The Hall–Kier alpha value is -2.21. The Balaban J connectivity index is 2.55. The highest BCUT2D eigenvalue weighted by Gasteiger charge is 2.17. The number of hydrogen-bond donors (Lipinski definition) is 0. The highest BCUT2D eigenvalue weighted by atomic mass is 16.5. The smallest absolute Gasteiger partial charge is 0.307 e. The first kappa shape index (κ1) is 21.8. The van der Waals surface area contributed by atoms with Gasteiger partial charge in [-0.15, -0.1) is 0 Å². The fourth-order valence-electron chi connectivity index (χ4n) is 2.55. The van der Waals surface area contributed by atoms with E-state index in [-0.39, 0.29) is 36.9 Å². The maximum absolute atomic E-state index is 12.5. The molecular formula is C20H30N2O4. The Morgan fingerprint density at radius 2 is 1.62 bits per heavy atom. The summed E-state index contributed by atoms with van der Waals surface area (Å²) in [5.41, 5.74) is 0.617. The summed E-state index contributed by atoms with van der Waals surface area (Å²) >= 11 is 0. The van der Waals surface area contributed by atoms with E-state index in [0.717, 1.165) is 13.0 Å². The number of Topliss-reactive ketones (excluding diaryl/α,β-unsaturated/α-hetero) is 1. The quantitative estimate of drug-likeness (QED) is 0.422. The normalized spacial score (nSPS) is 10.6. The van der Waals surface area contributed by atoms with Crippen molar-refractivity contribution in [3.8, 4) is 0 Å². The standard InChI is InChI=1S/C20H30N2O4/c1-4-26-20(25)13-16-22(15-8-14-21(2)3)19(24)12-11-18(23)17-9-6-5-7-10-17/h5-7,9-10H,4,8,11-16H2,1-3H3. The van der Waals surface area contributed by atoms with Crippen molar-refractivity contribution in [1.29, 1.82) is 0 Å². The van der Waals surface area contributed by atoms with Crippen molar-refractivity contribution in [2.75, 3.05) is 40.3 Å². The number of amides is 1. The molecule has 0 aliphatic heterocycles. The van der Waals surface area contributed by atoms with E-state index in [1.807, 2.05) is 37.2 Å². The highest BCUT2D eigenvalue weighted by molar-refractivity contribution is 5.97. The first-order valence-electron chi connectivity index (χ1n) is 9.10. The molecule has 1 aromatic rings. The van der Waals surface area contributed by atoms with Gasteiger partial charge < -0.3 is 14.5 Å². The van der Waals surface area contributed by atoms with Crippen molar-refractivity contribution < 1.29 is 19.1 Å². The lowest BCUT2D eigenvalue weighted by Gasteiger charge is -2.23. The minimum atomic E-state index is -0.307. The summed E-state index contributed by atoms with van der Waals surface area (Å²) in [7, 11) is 3.95. The van der Waals surface area contributed by atoms with Crippen molar-refractivity contribution in [2.45, 2.75) is 32.6 Å². The molecule has 6 heteroatoms. The summed E-state index contributed by atoms with van der Waals surface area (Å²) in [4.78, 5) is 40.0. The monoisotopic (exact) mass is 362 g/mol. The average Bonchev–Trinajstić information content (AvgIpc) is 2.62. The van der Waals surface area contributed by atoms with Gasteiger partial charge in [0.1, 0.15) is 0 Å². The number of nitrogens with zero attached hydrogens (tertiary/aromatic N) is 2. The van der Waals surface area contributed by atoms with Crippen molar-refractivity contribution in [3.63, 3.8) is 0 Å². The van der Waals surface area contributed by atoms with E-state index in [4.69, 9.17) is 4.74 Å².